The van der Waals surface area contributed by atoms with Gasteiger partial charge in [-0.15, -0.1) is 0 Å². The van der Waals surface area contributed by atoms with Crippen LogP contribution in [0.4, 0.5) is 0 Å². The molecule has 0 aliphatic heterocycles. The Bertz CT molecular complexity index is 643. The van der Waals surface area contributed by atoms with Gasteiger partial charge in [-0.3, -0.25) is 0 Å². The Balaban J connectivity index is 2.19. The van der Waals surface area contributed by atoms with Crippen molar-refractivity contribution >= 4 is 6.08 Å². The van der Waals surface area contributed by atoms with Gasteiger partial charge in [-0.2, -0.15) is 0 Å². The molecule has 0 radical (unpaired) electrons. The molecule has 2 rings (SSSR count). The molecule has 1 aromatic carbocycles. The lowest BCUT2D eigenvalue weighted by atomic mass is 9.96. The number of hydrogen-bond donors (Lipinski definition) is 1. The van der Waals surface area contributed by atoms with Crippen molar-refractivity contribution in [3.63, 3.8) is 0 Å². The fourth-order valence-electron chi connectivity index (χ4n) is 2.49. The van der Waals surface area contributed by atoms with E-state index in [-0.39, 0.29) is 11.7 Å². The van der Waals surface area contributed by atoms with E-state index in [1.165, 1.54) is 7.11 Å². The molecule has 5 heteroatoms. The molecule has 0 bridgehead atoms. The fraction of sp³-hybridized carbons (Fsp3) is 0.333. The first kappa shape index (κ1) is 16.8. The number of phenols is 1. The average Bonchev–Trinajstić information content (AvgIpc) is 2.58. The highest BCUT2D eigenvalue weighted by atomic mass is 16.5. The second kappa shape index (κ2) is 7.63. The molecular weight excluding hydrogens is 296 g/mol. The van der Waals surface area contributed by atoms with Crippen molar-refractivity contribution < 1.29 is 24.1 Å². The fourth-order valence-corrected chi connectivity index (χ4v) is 2.49. The van der Waals surface area contributed by atoms with Crippen molar-refractivity contribution in [2.24, 2.45) is 5.92 Å². The van der Waals surface area contributed by atoms with E-state index in [1.54, 1.807) is 33.5 Å². The SMILES string of the molecule is COC1=CC(C=Cc2ccc(OC)c(O)c2)CC(OC)=C1OC. The van der Waals surface area contributed by atoms with Crippen LogP contribution in [0.5, 0.6) is 11.5 Å². The first-order chi connectivity index (χ1) is 11.1. The van der Waals surface area contributed by atoms with Crippen LogP contribution in [-0.2, 0) is 14.2 Å². The molecule has 1 N–H and O–H groups in total. The topological polar surface area (TPSA) is 57.2 Å². The summed E-state index contributed by atoms with van der Waals surface area (Å²) in [5.41, 5.74) is 0.885. The van der Waals surface area contributed by atoms with E-state index >= 15 is 0 Å². The van der Waals surface area contributed by atoms with Crippen molar-refractivity contribution in [3.05, 3.63) is 53.2 Å². The van der Waals surface area contributed by atoms with Gasteiger partial charge in [0.05, 0.1) is 28.4 Å². The largest absolute Gasteiger partial charge is 0.504 e. The molecule has 0 aromatic heterocycles. The molecule has 0 amide bonds. The van der Waals surface area contributed by atoms with Crippen LogP contribution < -0.4 is 4.74 Å². The highest BCUT2D eigenvalue weighted by molar-refractivity contribution is 5.56. The molecule has 0 heterocycles. The summed E-state index contributed by atoms with van der Waals surface area (Å²) in [4.78, 5) is 0. The van der Waals surface area contributed by atoms with E-state index in [0.717, 1.165) is 11.3 Å². The molecule has 5 nitrogen and oxygen atoms in total. The molecule has 0 saturated carbocycles. The Morgan fingerprint density at radius 2 is 1.83 bits per heavy atom. The molecule has 1 atom stereocenters. The number of phenolic OH excluding ortho intramolecular Hbond substituents is 1. The van der Waals surface area contributed by atoms with Gasteiger partial charge in [0.15, 0.2) is 23.0 Å². The zero-order valence-corrected chi connectivity index (χ0v) is 13.8. The molecule has 1 unspecified atom stereocenters. The maximum Gasteiger partial charge on any atom is 0.198 e. The summed E-state index contributed by atoms with van der Waals surface area (Å²) in [6.45, 7) is 0. The second-order valence-electron chi connectivity index (χ2n) is 5.05. The van der Waals surface area contributed by atoms with Crippen LogP contribution in [-0.4, -0.2) is 33.5 Å². The quantitative estimate of drug-likeness (QED) is 0.870. The third kappa shape index (κ3) is 3.80. The summed E-state index contributed by atoms with van der Waals surface area (Å²) < 4.78 is 21.1. The number of methoxy groups -OCH3 is 4. The minimum atomic E-state index is 0.114. The highest BCUT2D eigenvalue weighted by Gasteiger charge is 2.23. The number of rotatable bonds is 6. The van der Waals surface area contributed by atoms with E-state index in [9.17, 15) is 5.11 Å². The maximum absolute atomic E-state index is 9.82. The van der Waals surface area contributed by atoms with Crippen molar-refractivity contribution in [3.8, 4) is 11.5 Å². The van der Waals surface area contributed by atoms with Gasteiger partial charge in [-0.25, -0.2) is 0 Å². The number of benzene rings is 1. The summed E-state index contributed by atoms with van der Waals surface area (Å²) in [6.07, 6.45) is 6.65. The number of ether oxygens (including phenoxy) is 4. The van der Waals surface area contributed by atoms with E-state index in [1.807, 2.05) is 24.3 Å². The summed E-state index contributed by atoms with van der Waals surface area (Å²) in [7, 11) is 6.34. The third-order valence-corrected chi connectivity index (χ3v) is 3.67. The smallest absolute Gasteiger partial charge is 0.198 e. The summed E-state index contributed by atoms with van der Waals surface area (Å²) in [5.74, 6) is 2.72. The van der Waals surface area contributed by atoms with Gasteiger partial charge in [0, 0.05) is 12.3 Å². The lowest BCUT2D eigenvalue weighted by Crippen LogP contribution is -2.12. The van der Waals surface area contributed by atoms with Crippen molar-refractivity contribution in [1.29, 1.82) is 0 Å². The Labute approximate surface area is 136 Å². The average molecular weight is 318 g/mol. The standard InChI is InChI=1S/C18H22O5/c1-20-15-8-7-12(9-14(15)19)5-6-13-10-16(21-2)18(23-4)17(11-13)22-3/h5-10,13,19H,11H2,1-4H3. The van der Waals surface area contributed by atoms with Crippen LogP contribution in [0.2, 0.25) is 0 Å². The normalized spacial score (nSPS) is 17.9. The number of hydrogen-bond acceptors (Lipinski definition) is 5. The molecule has 1 aliphatic rings. The lowest BCUT2D eigenvalue weighted by Gasteiger charge is -2.22. The lowest BCUT2D eigenvalue weighted by molar-refractivity contribution is 0.169. The zero-order chi connectivity index (χ0) is 16.8. The molecular formula is C18H22O5. The molecule has 124 valence electrons. The van der Waals surface area contributed by atoms with Gasteiger partial charge < -0.3 is 24.1 Å². The predicted octanol–water partition coefficient (Wildman–Crippen LogP) is 3.47. The van der Waals surface area contributed by atoms with Crippen LogP contribution in [0.25, 0.3) is 6.08 Å². The molecule has 23 heavy (non-hydrogen) atoms. The van der Waals surface area contributed by atoms with Crippen molar-refractivity contribution in [1.82, 2.24) is 0 Å². The third-order valence-electron chi connectivity index (χ3n) is 3.67. The van der Waals surface area contributed by atoms with E-state index < -0.39 is 0 Å². The zero-order valence-electron chi connectivity index (χ0n) is 13.8. The van der Waals surface area contributed by atoms with E-state index in [4.69, 9.17) is 18.9 Å². The minimum Gasteiger partial charge on any atom is -0.504 e. The van der Waals surface area contributed by atoms with Gasteiger partial charge in [-0.05, 0) is 23.8 Å². The van der Waals surface area contributed by atoms with E-state index in [2.05, 4.69) is 0 Å². The predicted molar refractivity (Wildman–Crippen MR) is 87.9 cm³/mol. The summed E-state index contributed by atoms with van der Waals surface area (Å²) >= 11 is 0. The van der Waals surface area contributed by atoms with Crippen molar-refractivity contribution in [2.45, 2.75) is 6.42 Å². The van der Waals surface area contributed by atoms with Gasteiger partial charge in [0.1, 0.15) is 5.76 Å². The Hall–Kier alpha value is -2.56. The first-order valence-corrected chi connectivity index (χ1v) is 7.25. The Kier molecular flexibility index (Phi) is 5.57. The maximum atomic E-state index is 9.82. The van der Waals surface area contributed by atoms with Crippen LogP contribution in [0.1, 0.15) is 12.0 Å². The van der Waals surface area contributed by atoms with Gasteiger partial charge in [0.2, 0.25) is 0 Å². The summed E-state index contributed by atoms with van der Waals surface area (Å²) in [5, 5.41) is 9.82. The summed E-state index contributed by atoms with van der Waals surface area (Å²) in [6, 6.07) is 5.27. The first-order valence-electron chi connectivity index (χ1n) is 7.25. The molecule has 1 aromatic rings. The van der Waals surface area contributed by atoms with Gasteiger partial charge >= 0.3 is 0 Å². The molecule has 0 spiro atoms. The van der Waals surface area contributed by atoms with Crippen LogP contribution in [0.3, 0.4) is 0 Å². The Morgan fingerprint density at radius 1 is 1.04 bits per heavy atom. The molecule has 1 aliphatic carbocycles. The van der Waals surface area contributed by atoms with Crippen molar-refractivity contribution in [2.75, 3.05) is 28.4 Å². The van der Waals surface area contributed by atoms with Crippen LogP contribution >= 0.6 is 0 Å². The van der Waals surface area contributed by atoms with Gasteiger partial charge in [-0.1, -0.05) is 18.2 Å². The Morgan fingerprint density at radius 3 is 2.39 bits per heavy atom. The van der Waals surface area contributed by atoms with Crippen LogP contribution in [0.15, 0.2) is 47.6 Å². The van der Waals surface area contributed by atoms with Gasteiger partial charge in [0.25, 0.3) is 0 Å². The van der Waals surface area contributed by atoms with Crippen LogP contribution in [0, 0.1) is 5.92 Å². The minimum absolute atomic E-state index is 0.114. The molecule has 0 saturated heterocycles. The van der Waals surface area contributed by atoms with E-state index in [0.29, 0.717) is 23.7 Å². The number of allylic oxidation sites excluding steroid dienone is 3. The highest BCUT2D eigenvalue weighted by Crippen LogP contribution is 2.32. The second-order valence-corrected chi connectivity index (χ2v) is 5.05. The number of aromatic hydroxyl groups is 1. The molecule has 0 fully saturated rings. The monoisotopic (exact) mass is 318 g/mol.